The summed E-state index contributed by atoms with van der Waals surface area (Å²) < 4.78 is 0. The Kier molecular flexibility index (Phi) is 3.76. The molecular formula is C14H25NO2. The average Bonchev–Trinajstić information content (AvgIpc) is 2.60. The van der Waals surface area contributed by atoms with Crippen molar-refractivity contribution >= 4 is 5.91 Å². The van der Waals surface area contributed by atoms with Crippen molar-refractivity contribution in [1.29, 1.82) is 0 Å². The van der Waals surface area contributed by atoms with Gasteiger partial charge in [0, 0.05) is 18.5 Å². The number of rotatable bonds is 3. The minimum Gasteiger partial charge on any atom is -0.395 e. The van der Waals surface area contributed by atoms with Crippen molar-refractivity contribution in [2.45, 2.75) is 57.9 Å². The molecule has 2 rings (SSSR count). The summed E-state index contributed by atoms with van der Waals surface area (Å²) in [5.41, 5.74) is 0.102. The summed E-state index contributed by atoms with van der Waals surface area (Å²) in [5, 5.41) is 9.10. The average molecular weight is 239 g/mol. The van der Waals surface area contributed by atoms with Gasteiger partial charge in [0.15, 0.2) is 0 Å². The van der Waals surface area contributed by atoms with Gasteiger partial charge >= 0.3 is 0 Å². The van der Waals surface area contributed by atoms with Crippen molar-refractivity contribution in [3.8, 4) is 0 Å². The van der Waals surface area contributed by atoms with Crippen LogP contribution in [0.25, 0.3) is 0 Å². The van der Waals surface area contributed by atoms with E-state index in [9.17, 15) is 4.79 Å². The molecule has 1 saturated heterocycles. The Morgan fingerprint density at radius 1 is 1.35 bits per heavy atom. The topological polar surface area (TPSA) is 40.5 Å². The van der Waals surface area contributed by atoms with E-state index in [1.807, 2.05) is 4.90 Å². The lowest BCUT2D eigenvalue weighted by molar-refractivity contribution is -0.133. The molecule has 17 heavy (non-hydrogen) atoms. The Balaban J connectivity index is 2.03. The molecule has 3 nitrogen and oxygen atoms in total. The number of carbonyl (C=O) groups is 1. The molecule has 1 aliphatic heterocycles. The molecule has 3 heteroatoms. The molecule has 0 bridgehead atoms. The van der Waals surface area contributed by atoms with E-state index in [2.05, 4.69) is 13.8 Å². The normalized spacial score (nSPS) is 34.0. The van der Waals surface area contributed by atoms with E-state index in [0.29, 0.717) is 13.0 Å². The molecule has 2 aliphatic rings. The van der Waals surface area contributed by atoms with Crippen LogP contribution in [0.15, 0.2) is 0 Å². The Bertz CT molecular complexity index is 280. The molecule has 0 atom stereocenters. The molecule has 0 aromatic carbocycles. The van der Waals surface area contributed by atoms with Crippen molar-refractivity contribution in [3.05, 3.63) is 0 Å². The molecular weight excluding hydrogens is 214 g/mol. The van der Waals surface area contributed by atoms with E-state index in [1.54, 1.807) is 0 Å². The van der Waals surface area contributed by atoms with Gasteiger partial charge in [-0.25, -0.2) is 0 Å². The fourth-order valence-corrected chi connectivity index (χ4v) is 3.70. The van der Waals surface area contributed by atoms with E-state index in [-0.39, 0.29) is 18.1 Å². The summed E-state index contributed by atoms with van der Waals surface area (Å²) in [6, 6.07) is 0. The van der Waals surface area contributed by atoms with Crippen LogP contribution in [-0.2, 0) is 4.79 Å². The van der Waals surface area contributed by atoms with Gasteiger partial charge < -0.3 is 10.0 Å². The van der Waals surface area contributed by atoms with Crippen LogP contribution < -0.4 is 0 Å². The summed E-state index contributed by atoms with van der Waals surface area (Å²) >= 11 is 0. The Morgan fingerprint density at radius 3 is 2.53 bits per heavy atom. The second-order valence-corrected chi connectivity index (χ2v) is 6.07. The van der Waals surface area contributed by atoms with Gasteiger partial charge in [0.2, 0.25) is 5.91 Å². The molecule has 1 N–H and O–H groups in total. The highest BCUT2D eigenvalue weighted by Crippen LogP contribution is 2.45. The van der Waals surface area contributed by atoms with Crippen LogP contribution in [0.1, 0.15) is 52.4 Å². The molecule has 1 amide bonds. The summed E-state index contributed by atoms with van der Waals surface area (Å²) in [6.45, 7) is 5.23. The number of aliphatic hydroxyl groups is 1. The third-order valence-corrected chi connectivity index (χ3v) is 4.91. The smallest absolute Gasteiger partial charge is 0.223 e. The largest absolute Gasteiger partial charge is 0.395 e. The zero-order valence-electron chi connectivity index (χ0n) is 11.1. The highest BCUT2D eigenvalue weighted by Gasteiger charge is 2.46. The zero-order valence-corrected chi connectivity index (χ0v) is 11.1. The number of likely N-dealkylation sites (tertiary alicyclic amines) is 1. The number of amides is 1. The lowest BCUT2D eigenvalue weighted by atomic mass is 9.72. The first-order valence-corrected chi connectivity index (χ1v) is 7.00. The number of carbonyl (C=O) groups excluding carboxylic acids is 1. The zero-order chi connectivity index (χ0) is 12.5. The second kappa shape index (κ2) is 4.97. The Morgan fingerprint density at radius 2 is 2.00 bits per heavy atom. The van der Waals surface area contributed by atoms with Gasteiger partial charge in [0.05, 0.1) is 6.61 Å². The van der Waals surface area contributed by atoms with Crippen LogP contribution in [0, 0.1) is 11.8 Å². The summed E-state index contributed by atoms with van der Waals surface area (Å²) in [5.74, 6) is 1.84. The third kappa shape index (κ3) is 2.35. The first-order valence-electron chi connectivity index (χ1n) is 7.00. The fourth-order valence-electron chi connectivity index (χ4n) is 3.70. The standard InChI is InChI=1S/C14H25NO2/c1-11(2)12-3-6-14(7-4-12)8-5-13(17)15(14)9-10-16/h11-12,16H,3-10H2,1-2H3. The van der Waals surface area contributed by atoms with E-state index in [1.165, 1.54) is 12.8 Å². The van der Waals surface area contributed by atoms with Gasteiger partial charge in [0.1, 0.15) is 0 Å². The first kappa shape index (κ1) is 12.9. The van der Waals surface area contributed by atoms with Crippen molar-refractivity contribution in [2.24, 2.45) is 11.8 Å². The Labute approximate surface area is 104 Å². The summed E-state index contributed by atoms with van der Waals surface area (Å²) in [6.07, 6.45) is 6.46. The van der Waals surface area contributed by atoms with Crippen molar-refractivity contribution < 1.29 is 9.90 Å². The molecule has 1 aliphatic carbocycles. The molecule has 1 spiro atoms. The number of hydrogen-bond acceptors (Lipinski definition) is 2. The molecule has 98 valence electrons. The van der Waals surface area contributed by atoms with Gasteiger partial charge in [-0.05, 0) is 43.9 Å². The van der Waals surface area contributed by atoms with E-state index < -0.39 is 0 Å². The number of hydrogen-bond donors (Lipinski definition) is 1. The van der Waals surface area contributed by atoms with Gasteiger partial charge in [-0.15, -0.1) is 0 Å². The van der Waals surface area contributed by atoms with Crippen LogP contribution in [0.3, 0.4) is 0 Å². The summed E-state index contributed by atoms with van der Waals surface area (Å²) in [7, 11) is 0. The van der Waals surface area contributed by atoms with Gasteiger partial charge in [0.25, 0.3) is 0 Å². The monoisotopic (exact) mass is 239 g/mol. The SMILES string of the molecule is CC(C)C1CCC2(CCC(=O)N2CCO)CC1. The van der Waals surface area contributed by atoms with Crippen molar-refractivity contribution in [2.75, 3.05) is 13.2 Å². The van der Waals surface area contributed by atoms with Crippen LogP contribution >= 0.6 is 0 Å². The third-order valence-electron chi connectivity index (χ3n) is 4.91. The maximum Gasteiger partial charge on any atom is 0.223 e. The summed E-state index contributed by atoms with van der Waals surface area (Å²) in [4.78, 5) is 13.8. The molecule has 0 aromatic heterocycles. The molecule has 0 unspecified atom stereocenters. The highest BCUT2D eigenvalue weighted by atomic mass is 16.3. The van der Waals surface area contributed by atoms with E-state index >= 15 is 0 Å². The fraction of sp³-hybridized carbons (Fsp3) is 0.929. The number of nitrogens with zero attached hydrogens (tertiary/aromatic N) is 1. The molecule has 0 aromatic rings. The van der Waals surface area contributed by atoms with Gasteiger partial charge in [-0.1, -0.05) is 13.8 Å². The quantitative estimate of drug-likeness (QED) is 0.820. The second-order valence-electron chi connectivity index (χ2n) is 6.07. The van der Waals surface area contributed by atoms with Crippen LogP contribution in [0.4, 0.5) is 0 Å². The first-order chi connectivity index (χ1) is 8.09. The molecule has 1 saturated carbocycles. The van der Waals surface area contributed by atoms with Crippen molar-refractivity contribution in [1.82, 2.24) is 4.90 Å². The number of β-amino-alcohol motifs (C(OH)–C–C–N with tert-alkyl or cyclic N) is 1. The minimum atomic E-state index is 0.0983. The maximum atomic E-state index is 11.9. The van der Waals surface area contributed by atoms with Gasteiger partial charge in [-0.2, -0.15) is 0 Å². The van der Waals surface area contributed by atoms with Crippen LogP contribution in [0.2, 0.25) is 0 Å². The minimum absolute atomic E-state index is 0.0983. The molecule has 0 radical (unpaired) electrons. The van der Waals surface area contributed by atoms with Gasteiger partial charge in [-0.3, -0.25) is 4.79 Å². The van der Waals surface area contributed by atoms with Crippen LogP contribution in [-0.4, -0.2) is 34.6 Å². The van der Waals surface area contributed by atoms with Crippen LogP contribution in [0.5, 0.6) is 0 Å². The Hall–Kier alpha value is -0.570. The number of aliphatic hydroxyl groups excluding tert-OH is 1. The van der Waals surface area contributed by atoms with Crippen molar-refractivity contribution in [3.63, 3.8) is 0 Å². The molecule has 2 fully saturated rings. The maximum absolute atomic E-state index is 11.9. The predicted molar refractivity (Wildman–Crippen MR) is 67.6 cm³/mol. The van der Waals surface area contributed by atoms with E-state index in [4.69, 9.17) is 5.11 Å². The highest BCUT2D eigenvalue weighted by molar-refractivity contribution is 5.79. The van der Waals surface area contributed by atoms with E-state index in [0.717, 1.165) is 31.1 Å². The molecule has 1 heterocycles. The lowest BCUT2D eigenvalue weighted by Crippen LogP contribution is -2.49. The predicted octanol–water partition coefficient (Wildman–Crippen LogP) is 2.19. The lowest BCUT2D eigenvalue weighted by Gasteiger charge is -2.44.